The minimum Gasteiger partial charge on any atom is -0.494 e. The highest BCUT2D eigenvalue weighted by Gasteiger charge is 2.11. The summed E-state index contributed by atoms with van der Waals surface area (Å²) in [6.07, 6.45) is 0. The second-order valence-corrected chi connectivity index (χ2v) is 5.22. The van der Waals surface area contributed by atoms with E-state index in [0.29, 0.717) is 20.7 Å². The molecule has 0 fully saturated rings. The summed E-state index contributed by atoms with van der Waals surface area (Å²) in [6, 6.07) is 8.91. The maximum absolute atomic E-state index is 13.3. The van der Waals surface area contributed by atoms with E-state index in [9.17, 15) is 9.18 Å². The molecule has 0 bridgehead atoms. The second-order valence-electron chi connectivity index (χ2n) is 3.93. The van der Waals surface area contributed by atoms with Crippen LogP contribution in [0.4, 0.5) is 10.1 Å². The van der Waals surface area contributed by atoms with Crippen LogP contribution in [0.1, 0.15) is 10.4 Å². The first-order valence-electron chi connectivity index (χ1n) is 5.61. The molecule has 0 aliphatic carbocycles. The lowest BCUT2D eigenvalue weighted by Gasteiger charge is -2.09. The molecule has 0 saturated heterocycles. The summed E-state index contributed by atoms with van der Waals surface area (Å²) in [5, 5.41) is 3.26. The molecule has 1 N–H and O–H groups in total. The summed E-state index contributed by atoms with van der Waals surface area (Å²) in [5.41, 5.74) is 0.868. The smallest absolute Gasteiger partial charge is 0.255 e. The molecule has 1 amide bonds. The number of ether oxygens (including phenoxy) is 1. The zero-order valence-electron chi connectivity index (χ0n) is 10.4. The first-order chi connectivity index (χ1) is 9.51. The Hall–Kier alpha value is -1.59. The number of anilines is 1. The molecule has 0 unspecified atom stereocenters. The number of methoxy groups -OCH3 is 1. The van der Waals surface area contributed by atoms with Gasteiger partial charge in [0.15, 0.2) is 11.6 Å². The van der Waals surface area contributed by atoms with Crippen LogP contribution >= 0.6 is 27.5 Å². The van der Waals surface area contributed by atoms with Gasteiger partial charge >= 0.3 is 0 Å². The fourth-order valence-electron chi connectivity index (χ4n) is 1.59. The molecule has 0 saturated carbocycles. The number of carbonyl (C=O) groups excluding carboxylic acids is 1. The number of hydrogen-bond acceptors (Lipinski definition) is 2. The van der Waals surface area contributed by atoms with Crippen LogP contribution in [-0.4, -0.2) is 13.0 Å². The van der Waals surface area contributed by atoms with Crippen molar-refractivity contribution in [1.29, 1.82) is 0 Å². The lowest BCUT2D eigenvalue weighted by atomic mass is 10.2. The molecule has 3 nitrogen and oxygen atoms in total. The van der Waals surface area contributed by atoms with Gasteiger partial charge < -0.3 is 10.1 Å². The third-order valence-corrected chi connectivity index (χ3v) is 3.48. The number of amides is 1. The molecule has 0 radical (unpaired) electrons. The monoisotopic (exact) mass is 357 g/mol. The lowest BCUT2D eigenvalue weighted by Crippen LogP contribution is -2.12. The summed E-state index contributed by atoms with van der Waals surface area (Å²) >= 11 is 9.13. The van der Waals surface area contributed by atoms with E-state index in [2.05, 4.69) is 21.2 Å². The maximum atomic E-state index is 13.3. The van der Waals surface area contributed by atoms with Gasteiger partial charge in [0.1, 0.15) is 0 Å². The fraction of sp³-hybridized carbons (Fsp3) is 0.0714. The molecule has 2 aromatic rings. The minimum absolute atomic E-state index is 0.0211. The second kappa shape index (κ2) is 6.24. The van der Waals surface area contributed by atoms with Gasteiger partial charge in [0, 0.05) is 15.1 Å². The molecule has 2 aromatic carbocycles. The van der Waals surface area contributed by atoms with Crippen LogP contribution in [0.15, 0.2) is 40.9 Å². The van der Waals surface area contributed by atoms with Crippen molar-refractivity contribution in [2.24, 2.45) is 0 Å². The molecule has 0 heterocycles. The highest BCUT2D eigenvalue weighted by molar-refractivity contribution is 9.10. The maximum Gasteiger partial charge on any atom is 0.255 e. The van der Waals surface area contributed by atoms with Crippen LogP contribution in [-0.2, 0) is 0 Å². The molecule has 0 aliphatic heterocycles. The minimum atomic E-state index is -0.517. The molecule has 20 heavy (non-hydrogen) atoms. The average molecular weight is 359 g/mol. The van der Waals surface area contributed by atoms with Crippen LogP contribution in [0.5, 0.6) is 5.75 Å². The quantitative estimate of drug-likeness (QED) is 0.877. The van der Waals surface area contributed by atoms with Crippen LogP contribution < -0.4 is 10.1 Å². The molecule has 0 spiro atoms. The molecular formula is C14H10BrClFNO2. The van der Waals surface area contributed by atoms with E-state index in [-0.39, 0.29) is 11.7 Å². The van der Waals surface area contributed by atoms with Crippen molar-refractivity contribution in [2.75, 3.05) is 12.4 Å². The van der Waals surface area contributed by atoms with Crippen molar-refractivity contribution < 1.29 is 13.9 Å². The van der Waals surface area contributed by atoms with Crippen molar-refractivity contribution in [3.05, 3.63) is 57.3 Å². The zero-order chi connectivity index (χ0) is 14.7. The van der Waals surface area contributed by atoms with E-state index < -0.39 is 5.82 Å². The lowest BCUT2D eigenvalue weighted by molar-refractivity contribution is 0.102. The SMILES string of the molecule is COc1cc(C(=O)Nc2ccc(Cl)cc2Br)ccc1F. The Morgan fingerprint density at radius 3 is 2.70 bits per heavy atom. The Morgan fingerprint density at radius 2 is 2.05 bits per heavy atom. The summed E-state index contributed by atoms with van der Waals surface area (Å²) in [4.78, 5) is 12.1. The van der Waals surface area contributed by atoms with Gasteiger partial charge in [-0.05, 0) is 52.3 Å². The predicted molar refractivity (Wildman–Crippen MR) is 80.1 cm³/mol. The summed E-state index contributed by atoms with van der Waals surface area (Å²) in [5.74, 6) is -0.865. The Kier molecular flexibility index (Phi) is 4.62. The summed E-state index contributed by atoms with van der Waals surface area (Å²) < 4.78 is 18.8. The van der Waals surface area contributed by atoms with Crippen molar-refractivity contribution >= 4 is 39.1 Å². The number of benzene rings is 2. The molecule has 2 rings (SSSR count). The number of halogens is 3. The topological polar surface area (TPSA) is 38.3 Å². The van der Waals surface area contributed by atoms with Gasteiger partial charge in [0.2, 0.25) is 0 Å². The van der Waals surface area contributed by atoms with Gasteiger partial charge in [-0.3, -0.25) is 4.79 Å². The van der Waals surface area contributed by atoms with Crippen molar-refractivity contribution in [3.63, 3.8) is 0 Å². The van der Waals surface area contributed by atoms with Crippen molar-refractivity contribution in [2.45, 2.75) is 0 Å². The largest absolute Gasteiger partial charge is 0.494 e. The number of hydrogen-bond donors (Lipinski definition) is 1. The number of carbonyl (C=O) groups is 1. The van der Waals surface area contributed by atoms with Crippen LogP contribution in [0, 0.1) is 5.82 Å². The fourth-order valence-corrected chi connectivity index (χ4v) is 2.37. The standard InChI is InChI=1S/C14H10BrClFNO2/c1-20-13-6-8(2-4-11(13)17)14(19)18-12-5-3-9(16)7-10(12)15/h2-7H,1H3,(H,18,19). The average Bonchev–Trinajstić information content (AvgIpc) is 2.42. The predicted octanol–water partition coefficient (Wildman–Crippen LogP) is 4.50. The third kappa shape index (κ3) is 3.29. The van der Waals surface area contributed by atoms with Gasteiger partial charge in [0.25, 0.3) is 5.91 Å². The summed E-state index contributed by atoms with van der Waals surface area (Å²) in [6.45, 7) is 0. The van der Waals surface area contributed by atoms with E-state index in [1.54, 1.807) is 18.2 Å². The highest BCUT2D eigenvalue weighted by Crippen LogP contribution is 2.27. The van der Waals surface area contributed by atoms with Gasteiger partial charge in [-0.15, -0.1) is 0 Å². The van der Waals surface area contributed by atoms with Crippen molar-refractivity contribution in [1.82, 2.24) is 0 Å². The van der Waals surface area contributed by atoms with E-state index in [1.165, 1.54) is 25.3 Å². The van der Waals surface area contributed by atoms with Gasteiger partial charge in [-0.25, -0.2) is 4.39 Å². The normalized spacial score (nSPS) is 10.2. The first kappa shape index (κ1) is 14.8. The molecule has 0 aliphatic rings. The number of rotatable bonds is 3. The van der Waals surface area contributed by atoms with E-state index >= 15 is 0 Å². The Balaban J connectivity index is 2.24. The highest BCUT2D eigenvalue weighted by atomic mass is 79.9. The molecule has 6 heteroatoms. The van der Waals surface area contributed by atoms with Gasteiger partial charge in [-0.2, -0.15) is 0 Å². The van der Waals surface area contributed by atoms with Crippen LogP contribution in [0.25, 0.3) is 0 Å². The van der Waals surface area contributed by atoms with Crippen LogP contribution in [0.2, 0.25) is 5.02 Å². The first-order valence-corrected chi connectivity index (χ1v) is 6.78. The summed E-state index contributed by atoms with van der Waals surface area (Å²) in [7, 11) is 1.34. The molecule has 0 aromatic heterocycles. The molecule has 0 atom stereocenters. The number of nitrogens with one attached hydrogen (secondary N) is 1. The third-order valence-electron chi connectivity index (χ3n) is 2.59. The van der Waals surface area contributed by atoms with E-state index in [1.807, 2.05) is 0 Å². The zero-order valence-corrected chi connectivity index (χ0v) is 12.8. The Labute approximate surface area is 128 Å². The Bertz CT molecular complexity index is 664. The van der Waals surface area contributed by atoms with E-state index in [0.717, 1.165) is 0 Å². The van der Waals surface area contributed by atoms with Crippen molar-refractivity contribution in [3.8, 4) is 5.75 Å². The van der Waals surface area contributed by atoms with Crippen LogP contribution in [0.3, 0.4) is 0 Å². The van der Waals surface area contributed by atoms with Gasteiger partial charge in [-0.1, -0.05) is 11.6 Å². The van der Waals surface area contributed by atoms with Gasteiger partial charge in [0.05, 0.1) is 12.8 Å². The molecule has 104 valence electrons. The van der Waals surface area contributed by atoms with E-state index in [4.69, 9.17) is 16.3 Å². The Morgan fingerprint density at radius 1 is 1.30 bits per heavy atom. The molecular weight excluding hydrogens is 349 g/mol.